The van der Waals surface area contributed by atoms with Gasteiger partial charge in [0.2, 0.25) is 0 Å². The monoisotopic (exact) mass is 285 g/mol. The summed E-state index contributed by atoms with van der Waals surface area (Å²) in [6, 6.07) is -0.228. The van der Waals surface area contributed by atoms with Gasteiger partial charge in [-0.05, 0) is 18.8 Å². The van der Waals surface area contributed by atoms with Crippen LogP contribution in [0.4, 0.5) is 9.93 Å². The highest BCUT2D eigenvalue weighted by Crippen LogP contribution is 2.19. The Labute approximate surface area is 118 Å². The number of rotatable bonds is 8. The molecule has 6 heteroatoms. The maximum absolute atomic E-state index is 11.7. The topological polar surface area (TPSA) is 74.2 Å². The fourth-order valence-corrected chi connectivity index (χ4v) is 2.65. The van der Waals surface area contributed by atoms with Crippen LogP contribution < -0.4 is 10.6 Å². The van der Waals surface area contributed by atoms with E-state index in [1.165, 1.54) is 16.2 Å². The molecule has 0 aliphatic carbocycles. The molecule has 1 heterocycles. The molecule has 0 bridgehead atoms. The zero-order chi connectivity index (χ0) is 14.1. The normalized spacial score (nSPS) is 12.2. The number of aliphatic hydroxyl groups is 1. The number of carbonyl (C=O) groups excluding carboxylic acids is 1. The van der Waals surface area contributed by atoms with Crippen molar-refractivity contribution in [3.8, 4) is 0 Å². The summed E-state index contributed by atoms with van der Waals surface area (Å²) in [5, 5.41) is 15.1. The van der Waals surface area contributed by atoms with Crippen LogP contribution in [0.2, 0.25) is 0 Å². The van der Waals surface area contributed by atoms with Crippen LogP contribution >= 0.6 is 11.3 Å². The van der Waals surface area contributed by atoms with Gasteiger partial charge >= 0.3 is 6.03 Å². The molecule has 108 valence electrons. The smallest absolute Gasteiger partial charge is 0.321 e. The van der Waals surface area contributed by atoms with Crippen molar-refractivity contribution in [2.45, 2.75) is 39.5 Å². The van der Waals surface area contributed by atoms with Crippen LogP contribution in [0.15, 0.2) is 6.20 Å². The predicted molar refractivity (Wildman–Crippen MR) is 78.6 cm³/mol. The Kier molecular flexibility index (Phi) is 7.43. The van der Waals surface area contributed by atoms with E-state index in [2.05, 4.69) is 29.5 Å². The van der Waals surface area contributed by atoms with Crippen molar-refractivity contribution < 1.29 is 9.90 Å². The molecule has 0 aliphatic heterocycles. The molecule has 19 heavy (non-hydrogen) atoms. The standard InChI is InChI=1S/C13H23N3O2S/c1-3-5-11-9-15-13(19-11)16-12(18)14-8-10(4-2)6-7-17/h9-10,17H,3-8H2,1-2H3,(H2,14,15,16,18). The molecule has 1 aromatic heterocycles. The Morgan fingerprint density at radius 1 is 1.53 bits per heavy atom. The Morgan fingerprint density at radius 3 is 2.95 bits per heavy atom. The zero-order valence-electron chi connectivity index (χ0n) is 11.6. The Balaban J connectivity index is 2.33. The van der Waals surface area contributed by atoms with Crippen molar-refractivity contribution in [2.24, 2.45) is 5.92 Å². The summed E-state index contributed by atoms with van der Waals surface area (Å²) < 4.78 is 0. The number of thiazole rings is 1. The van der Waals surface area contributed by atoms with E-state index in [0.29, 0.717) is 24.0 Å². The summed E-state index contributed by atoms with van der Waals surface area (Å²) in [6.07, 6.45) is 5.54. The van der Waals surface area contributed by atoms with Gasteiger partial charge in [0.05, 0.1) is 0 Å². The van der Waals surface area contributed by atoms with Gasteiger partial charge in [0.25, 0.3) is 0 Å². The fraction of sp³-hybridized carbons (Fsp3) is 0.692. The first-order valence-electron chi connectivity index (χ1n) is 6.80. The van der Waals surface area contributed by atoms with Gasteiger partial charge in [-0.25, -0.2) is 9.78 Å². The third kappa shape index (κ3) is 6.02. The van der Waals surface area contributed by atoms with E-state index in [1.54, 1.807) is 0 Å². The first-order valence-corrected chi connectivity index (χ1v) is 7.61. The molecule has 0 saturated carbocycles. The van der Waals surface area contributed by atoms with Crippen molar-refractivity contribution >= 4 is 22.5 Å². The molecular formula is C13H23N3O2S. The number of aromatic nitrogens is 1. The number of anilines is 1. The first-order chi connectivity index (χ1) is 9.19. The molecule has 0 aromatic carbocycles. The lowest BCUT2D eigenvalue weighted by Crippen LogP contribution is -2.33. The third-order valence-electron chi connectivity index (χ3n) is 2.94. The van der Waals surface area contributed by atoms with Crippen molar-refractivity contribution in [1.82, 2.24) is 10.3 Å². The lowest BCUT2D eigenvalue weighted by molar-refractivity contribution is 0.238. The number of hydrogen-bond donors (Lipinski definition) is 3. The summed E-state index contributed by atoms with van der Waals surface area (Å²) in [6.45, 7) is 4.91. The minimum atomic E-state index is -0.228. The van der Waals surface area contributed by atoms with Crippen molar-refractivity contribution in [3.05, 3.63) is 11.1 Å². The lowest BCUT2D eigenvalue weighted by atomic mass is 10.0. The van der Waals surface area contributed by atoms with Crippen LogP contribution in [0.5, 0.6) is 0 Å². The van der Waals surface area contributed by atoms with Gasteiger partial charge in [0.1, 0.15) is 0 Å². The van der Waals surface area contributed by atoms with Gasteiger partial charge in [-0.2, -0.15) is 0 Å². The maximum Gasteiger partial charge on any atom is 0.321 e. The number of amides is 2. The van der Waals surface area contributed by atoms with Gasteiger partial charge in [0, 0.05) is 24.2 Å². The number of aryl methyl sites for hydroxylation is 1. The van der Waals surface area contributed by atoms with E-state index in [1.807, 2.05) is 6.20 Å². The molecule has 5 nitrogen and oxygen atoms in total. The molecule has 0 radical (unpaired) electrons. The second-order valence-corrected chi connectivity index (χ2v) is 5.62. The highest BCUT2D eigenvalue weighted by atomic mass is 32.1. The molecule has 2 amide bonds. The van der Waals surface area contributed by atoms with E-state index < -0.39 is 0 Å². The van der Waals surface area contributed by atoms with E-state index in [4.69, 9.17) is 5.11 Å². The van der Waals surface area contributed by atoms with Gasteiger partial charge in [0.15, 0.2) is 5.13 Å². The van der Waals surface area contributed by atoms with Crippen LogP contribution in [0.1, 0.15) is 38.0 Å². The second kappa shape index (κ2) is 8.87. The molecule has 0 aliphatic rings. The van der Waals surface area contributed by atoms with Gasteiger partial charge in [-0.15, -0.1) is 11.3 Å². The quantitative estimate of drug-likeness (QED) is 0.687. The van der Waals surface area contributed by atoms with E-state index >= 15 is 0 Å². The highest BCUT2D eigenvalue weighted by molar-refractivity contribution is 7.15. The van der Waals surface area contributed by atoms with Crippen LogP contribution in [-0.2, 0) is 6.42 Å². The van der Waals surface area contributed by atoms with Crippen LogP contribution in [0.25, 0.3) is 0 Å². The van der Waals surface area contributed by atoms with Crippen LogP contribution in [-0.4, -0.2) is 29.3 Å². The molecule has 1 unspecified atom stereocenters. The molecule has 0 fully saturated rings. The SMILES string of the molecule is CCCc1cnc(NC(=O)NCC(CC)CCO)s1. The molecular weight excluding hydrogens is 262 g/mol. The number of carbonyl (C=O) groups is 1. The largest absolute Gasteiger partial charge is 0.396 e. The molecule has 1 rings (SSSR count). The molecule has 0 spiro atoms. The van der Waals surface area contributed by atoms with Crippen LogP contribution in [0.3, 0.4) is 0 Å². The molecule has 0 saturated heterocycles. The number of hydrogen-bond acceptors (Lipinski definition) is 4. The second-order valence-electron chi connectivity index (χ2n) is 4.50. The predicted octanol–water partition coefficient (Wildman–Crippen LogP) is 2.63. The van der Waals surface area contributed by atoms with Crippen molar-refractivity contribution in [3.63, 3.8) is 0 Å². The third-order valence-corrected chi connectivity index (χ3v) is 3.91. The molecule has 3 N–H and O–H groups in total. The first kappa shape index (κ1) is 15.9. The van der Waals surface area contributed by atoms with Gasteiger partial charge in [-0.1, -0.05) is 26.7 Å². The van der Waals surface area contributed by atoms with Gasteiger partial charge in [-0.3, -0.25) is 5.32 Å². The Bertz CT molecular complexity index is 382. The van der Waals surface area contributed by atoms with E-state index in [0.717, 1.165) is 19.3 Å². The average Bonchev–Trinajstić information content (AvgIpc) is 2.82. The Hall–Kier alpha value is -1.14. The minimum absolute atomic E-state index is 0.161. The summed E-state index contributed by atoms with van der Waals surface area (Å²) >= 11 is 1.51. The van der Waals surface area contributed by atoms with E-state index in [-0.39, 0.29) is 12.6 Å². The average molecular weight is 285 g/mol. The van der Waals surface area contributed by atoms with Crippen molar-refractivity contribution in [2.75, 3.05) is 18.5 Å². The summed E-state index contributed by atoms with van der Waals surface area (Å²) in [5.41, 5.74) is 0. The fourth-order valence-electron chi connectivity index (χ4n) is 1.74. The molecule has 1 aromatic rings. The summed E-state index contributed by atoms with van der Waals surface area (Å²) in [5.74, 6) is 0.322. The molecule has 1 atom stereocenters. The van der Waals surface area contributed by atoms with E-state index in [9.17, 15) is 4.79 Å². The zero-order valence-corrected chi connectivity index (χ0v) is 12.4. The highest BCUT2D eigenvalue weighted by Gasteiger charge is 2.09. The Morgan fingerprint density at radius 2 is 2.32 bits per heavy atom. The number of aliphatic hydroxyl groups excluding tert-OH is 1. The number of urea groups is 1. The maximum atomic E-state index is 11.7. The number of nitrogens with zero attached hydrogens (tertiary/aromatic N) is 1. The minimum Gasteiger partial charge on any atom is -0.396 e. The number of nitrogens with one attached hydrogen (secondary N) is 2. The summed E-state index contributed by atoms with van der Waals surface area (Å²) in [4.78, 5) is 17.0. The van der Waals surface area contributed by atoms with Crippen LogP contribution in [0, 0.1) is 5.92 Å². The summed E-state index contributed by atoms with van der Waals surface area (Å²) in [7, 11) is 0. The van der Waals surface area contributed by atoms with Crippen molar-refractivity contribution in [1.29, 1.82) is 0 Å². The lowest BCUT2D eigenvalue weighted by Gasteiger charge is -2.14. The van der Waals surface area contributed by atoms with Gasteiger partial charge < -0.3 is 10.4 Å².